The first-order valence-electron chi connectivity index (χ1n) is 5.84. The summed E-state index contributed by atoms with van der Waals surface area (Å²) in [6.07, 6.45) is 2.47. The van der Waals surface area contributed by atoms with Gasteiger partial charge >= 0.3 is 5.97 Å². The zero-order valence-electron chi connectivity index (χ0n) is 10.3. The van der Waals surface area contributed by atoms with Crippen molar-refractivity contribution in [1.82, 2.24) is 4.98 Å². The van der Waals surface area contributed by atoms with Crippen LogP contribution in [0.15, 0.2) is 18.2 Å². The minimum atomic E-state index is -3.20. The highest BCUT2D eigenvalue weighted by molar-refractivity contribution is 7.90. The molecule has 0 saturated carbocycles. The fourth-order valence-electron chi connectivity index (χ4n) is 1.55. The van der Waals surface area contributed by atoms with Crippen molar-refractivity contribution < 1.29 is 18.3 Å². The van der Waals surface area contributed by atoms with Crippen LogP contribution in [0.2, 0.25) is 0 Å². The molecule has 1 N–H and O–H groups in total. The molecule has 0 atom stereocenters. The number of carboxylic acid groups (broad SMARTS) is 1. The molecule has 0 aliphatic carbocycles. The molecule has 0 bridgehead atoms. The first-order chi connectivity index (χ1) is 8.44. The Morgan fingerprint density at radius 3 is 2.67 bits per heavy atom. The number of hydrogen-bond donors (Lipinski definition) is 1. The first kappa shape index (κ1) is 14.6. The molecule has 18 heavy (non-hydrogen) atoms. The van der Waals surface area contributed by atoms with Crippen LogP contribution in [0.5, 0.6) is 0 Å². The first-order valence-corrected chi connectivity index (χ1v) is 7.66. The molecule has 0 unspecified atom stereocenters. The Morgan fingerprint density at radius 2 is 2.06 bits per heavy atom. The van der Waals surface area contributed by atoms with Crippen LogP contribution in [-0.2, 0) is 15.6 Å². The summed E-state index contributed by atoms with van der Waals surface area (Å²) in [4.78, 5) is 14.5. The second kappa shape index (κ2) is 6.49. The third kappa shape index (κ3) is 4.83. The lowest BCUT2D eigenvalue weighted by Gasteiger charge is -2.04. The summed E-state index contributed by atoms with van der Waals surface area (Å²) in [5.74, 6) is -1.22. The third-order valence-electron chi connectivity index (χ3n) is 2.45. The monoisotopic (exact) mass is 271 g/mol. The zero-order valence-corrected chi connectivity index (χ0v) is 11.1. The number of carbonyl (C=O) groups is 1. The Morgan fingerprint density at radius 1 is 1.33 bits per heavy atom. The highest BCUT2D eigenvalue weighted by Crippen LogP contribution is 2.08. The van der Waals surface area contributed by atoms with Gasteiger partial charge in [0, 0.05) is 0 Å². The molecule has 0 aromatic carbocycles. The number of rotatable bonds is 7. The summed E-state index contributed by atoms with van der Waals surface area (Å²) < 4.78 is 23.5. The van der Waals surface area contributed by atoms with Crippen molar-refractivity contribution in [3.8, 4) is 0 Å². The second-order valence-corrected chi connectivity index (χ2v) is 6.30. The van der Waals surface area contributed by atoms with Gasteiger partial charge in [0.05, 0.1) is 17.2 Å². The molecule has 0 spiro atoms. The fraction of sp³-hybridized carbons (Fsp3) is 0.500. The van der Waals surface area contributed by atoms with Crippen molar-refractivity contribution in [2.75, 3.05) is 5.75 Å². The van der Waals surface area contributed by atoms with E-state index in [1.165, 1.54) is 18.2 Å². The molecule has 0 radical (unpaired) electrons. The Kier molecular flexibility index (Phi) is 5.27. The van der Waals surface area contributed by atoms with Gasteiger partial charge in [-0.15, -0.1) is 0 Å². The van der Waals surface area contributed by atoms with E-state index >= 15 is 0 Å². The van der Waals surface area contributed by atoms with Crippen LogP contribution in [0.1, 0.15) is 42.4 Å². The van der Waals surface area contributed by atoms with Crippen molar-refractivity contribution in [2.45, 2.75) is 31.9 Å². The van der Waals surface area contributed by atoms with Crippen LogP contribution in [0.3, 0.4) is 0 Å². The van der Waals surface area contributed by atoms with Crippen molar-refractivity contribution in [3.63, 3.8) is 0 Å². The van der Waals surface area contributed by atoms with Crippen molar-refractivity contribution >= 4 is 15.8 Å². The van der Waals surface area contributed by atoms with Crippen molar-refractivity contribution in [3.05, 3.63) is 29.6 Å². The predicted octanol–water partition coefficient (Wildman–Crippen LogP) is 1.88. The molecule has 1 heterocycles. The Balaban J connectivity index is 2.72. The van der Waals surface area contributed by atoms with Crippen LogP contribution >= 0.6 is 0 Å². The van der Waals surface area contributed by atoms with Crippen molar-refractivity contribution in [1.29, 1.82) is 0 Å². The van der Waals surface area contributed by atoms with Gasteiger partial charge in [-0.25, -0.2) is 18.2 Å². The molecule has 1 aromatic rings. The smallest absolute Gasteiger partial charge is 0.354 e. The van der Waals surface area contributed by atoms with Gasteiger partial charge in [-0.1, -0.05) is 25.8 Å². The zero-order chi connectivity index (χ0) is 13.6. The standard InChI is InChI=1S/C12H17NO4S/c1-2-3-4-8-18(16,17)9-10-6-5-7-11(13-10)12(14)15/h5-7H,2-4,8-9H2,1H3,(H,14,15). The molecule has 0 saturated heterocycles. The lowest BCUT2D eigenvalue weighted by atomic mass is 10.3. The highest BCUT2D eigenvalue weighted by Gasteiger charge is 2.14. The number of sulfone groups is 1. The Hall–Kier alpha value is -1.43. The topological polar surface area (TPSA) is 84.3 Å². The largest absolute Gasteiger partial charge is 0.477 e. The molecule has 1 aromatic heterocycles. The molecule has 1 rings (SSSR count). The minimum absolute atomic E-state index is 0.125. The molecule has 0 fully saturated rings. The van der Waals surface area contributed by atoms with E-state index in [4.69, 9.17) is 5.11 Å². The van der Waals surface area contributed by atoms with E-state index in [-0.39, 0.29) is 22.9 Å². The molecular weight excluding hydrogens is 254 g/mol. The van der Waals surface area contributed by atoms with E-state index < -0.39 is 15.8 Å². The predicted molar refractivity (Wildman–Crippen MR) is 68.2 cm³/mol. The summed E-state index contributed by atoms with van der Waals surface area (Å²) in [6, 6.07) is 4.38. The van der Waals surface area contributed by atoms with Crippen LogP contribution in [0.25, 0.3) is 0 Å². The van der Waals surface area contributed by atoms with E-state index in [0.717, 1.165) is 12.8 Å². The normalized spacial score (nSPS) is 11.4. The number of aromatic carboxylic acids is 1. The van der Waals surface area contributed by atoms with Crippen LogP contribution < -0.4 is 0 Å². The van der Waals surface area contributed by atoms with Gasteiger partial charge < -0.3 is 5.11 Å². The van der Waals surface area contributed by atoms with Crippen LogP contribution in [-0.4, -0.2) is 30.2 Å². The summed E-state index contributed by atoms with van der Waals surface area (Å²) in [5.41, 5.74) is 0.155. The van der Waals surface area contributed by atoms with Gasteiger partial charge in [0.25, 0.3) is 0 Å². The van der Waals surface area contributed by atoms with Crippen molar-refractivity contribution in [2.24, 2.45) is 0 Å². The second-order valence-electron chi connectivity index (χ2n) is 4.12. The van der Waals surface area contributed by atoms with Gasteiger partial charge in [-0.3, -0.25) is 0 Å². The average Bonchev–Trinajstić information content (AvgIpc) is 2.28. The Labute approximate surface area is 107 Å². The fourth-order valence-corrected chi connectivity index (χ4v) is 2.95. The van der Waals surface area contributed by atoms with Crippen LogP contribution in [0, 0.1) is 0 Å². The lowest BCUT2D eigenvalue weighted by molar-refractivity contribution is 0.0690. The molecule has 6 heteroatoms. The number of nitrogens with zero attached hydrogens (tertiary/aromatic N) is 1. The maximum Gasteiger partial charge on any atom is 0.354 e. The maximum absolute atomic E-state index is 11.8. The van der Waals surface area contributed by atoms with Gasteiger partial charge in [-0.05, 0) is 18.6 Å². The SMILES string of the molecule is CCCCCS(=O)(=O)Cc1cccc(C(=O)O)n1. The average molecular weight is 271 g/mol. The highest BCUT2D eigenvalue weighted by atomic mass is 32.2. The lowest BCUT2D eigenvalue weighted by Crippen LogP contribution is -2.12. The van der Waals surface area contributed by atoms with Gasteiger partial charge in [0.1, 0.15) is 5.69 Å². The summed E-state index contributed by atoms with van der Waals surface area (Å²) >= 11 is 0. The number of pyridine rings is 1. The van der Waals surface area contributed by atoms with Gasteiger partial charge in [0.15, 0.2) is 9.84 Å². The maximum atomic E-state index is 11.8. The van der Waals surface area contributed by atoms with E-state index in [9.17, 15) is 13.2 Å². The Bertz CT molecular complexity index is 511. The molecule has 100 valence electrons. The molecule has 0 amide bonds. The molecule has 5 nitrogen and oxygen atoms in total. The number of carboxylic acids is 1. The number of aromatic nitrogens is 1. The minimum Gasteiger partial charge on any atom is -0.477 e. The molecule has 0 aliphatic heterocycles. The third-order valence-corrected chi connectivity index (χ3v) is 4.10. The van der Waals surface area contributed by atoms with Crippen LogP contribution in [0.4, 0.5) is 0 Å². The molecule has 0 aliphatic rings. The molecular formula is C12H17NO4S. The quantitative estimate of drug-likeness (QED) is 0.765. The van der Waals surface area contributed by atoms with Gasteiger partial charge in [0.2, 0.25) is 0 Å². The van der Waals surface area contributed by atoms with E-state index in [0.29, 0.717) is 6.42 Å². The number of hydrogen-bond acceptors (Lipinski definition) is 4. The summed E-state index contributed by atoms with van der Waals surface area (Å²) in [5, 5.41) is 8.77. The van der Waals surface area contributed by atoms with E-state index in [2.05, 4.69) is 4.98 Å². The summed E-state index contributed by atoms with van der Waals surface area (Å²) in [7, 11) is -3.20. The van der Waals surface area contributed by atoms with E-state index in [1.807, 2.05) is 6.92 Å². The summed E-state index contributed by atoms with van der Waals surface area (Å²) in [6.45, 7) is 2.00. The van der Waals surface area contributed by atoms with E-state index in [1.54, 1.807) is 0 Å². The number of unbranched alkanes of at least 4 members (excludes halogenated alkanes) is 2. The van der Waals surface area contributed by atoms with Gasteiger partial charge in [-0.2, -0.15) is 0 Å².